The van der Waals surface area contributed by atoms with Gasteiger partial charge in [-0.15, -0.1) is 11.3 Å². The predicted molar refractivity (Wildman–Crippen MR) is 105 cm³/mol. The van der Waals surface area contributed by atoms with E-state index in [9.17, 15) is 8.42 Å². The van der Waals surface area contributed by atoms with Crippen molar-refractivity contribution in [2.45, 2.75) is 30.9 Å². The number of rotatable bonds is 8. The van der Waals surface area contributed by atoms with E-state index in [0.29, 0.717) is 4.21 Å². The molecule has 25 heavy (non-hydrogen) atoms. The van der Waals surface area contributed by atoms with Crippen molar-refractivity contribution in [3.05, 3.63) is 46.8 Å². The van der Waals surface area contributed by atoms with E-state index in [4.69, 9.17) is 5.73 Å². The highest BCUT2D eigenvalue weighted by molar-refractivity contribution is 7.91. The fraction of sp³-hybridized carbons (Fsp3) is 0.353. The van der Waals surface area contributed by atoms with E-state index < -0.39 is 10.0 Å². The Balaban J connectivity index is 1.95. The molecule has 0 radical (unpaired) electrons. The number of anilines is 1. The summed E-state index contributed by atoms with van der Waals surface area (Å²) >= 11 is 1.18. The van der Waals surface area contributed by atoms with Gasteiger partial charge in [-0.2, -0.15) is 0 Å². The molecule has 1 aromatic carbocycles. The molecule has 0 saturated heterocycles. The zero-order valence-corrected chi connectivity index (χ0v) is 16.1. The van der Waals surface area contributed by atoms with E-state index in [1.807, 2.05) is 6.07 Å². The molecule has 136 valence electrons. The fourth-order valence-corrected chi connectivity index (χ4v) is 4.47. The lowest BCUT2D eigenvalue weighted by Crippen LogP contribution is -2.28. The lowest BCUT2D eigenvalue weighted by atomic mass is 10.0. The summed E-state index contributed by atoms with van der Waals surface area (Å²) in [5.41, 5.74) is 9.31. The Hall–Kier alpha value is -1.90. The molecule has 0 unspecified atom stereocenters. The van der Waals surface area contributed by atoms with E-state index in [1.54, 1.807) is 17.5 Å². The first-order chi connectivity index (χ1) is 12.0. The third-order valence-electron chi connectivity index (χ3n) is 3.70. The van der Waals surface area contributed by atoms with Crippen LogP contribution in [0.15, 0.2) is 44.9 Å². The van der Waals surface area contributed by atoms with E-state index in [0.717, 1.165) is 18.5 Å². The largest absolute Gasteiger partial charge is 0.370 e. The number of benzene rings is 1. The van der Waals surface area contributed by atoms with Gasteiger partial charge < -0.3 is 11.1 Å². The molecule has 1 aromatic heterocycles. The summed E-state index contributed by atoms with van der Waals surface area (Å²) in [6.07, 6.45) is 1.79. The van der Waals surface area contributed by atoms with Crippen LogP contribution in [0.25, 0.3) is 0 Å². The van der Waals surface area contributed by atoms with Crippen LogP contribution >= 0.6 is 11.3 Å². The monoisotopic (exact) mass is 380 g/mol. The fourth-order valence-electron chi connectivity index (χ4n) is 2.41. The van der Waals surface area contributed by atoms with Crippen LogP contribution in [0.1, 0.15) is 25.0 Å². The molecule has 1 heterocycles. The minimum Gasteiger partial charge on any atom is -0.370 e. The molecule has 6 nitrogen and oxygen atoms in total. The molecule has 2 aromatic rings. The Morgan fingerprint density at radius 2 is 1.84 bits per heavy atom. The molecule has 2 rings (SSSR count). The van der Waals surface area contributed by atoms with Gasteiger partial charge >= 0.3 is 0 Å². The highest BCUT2D eigenvalue weighted by Gasteiger charge is 2.13. The lowest BCUT2D eigenvalue weighted by Gasteiger charge is -2.14. The van der Waals surface area contributed by atoms with Crippen molar-refractivity contribution in [2.75, 3.05) is 18.4 Å². The second-order valence-corrected chi connectivity index (χ2v) is 8.32. The topological polar surface area (TPSA) is 96.6 Å². The van der Waals surface area contributed by atoms with Gasteiger partial charge in [-0.25, -0.2) is 13.1 Å². The summed E-state index contributed by atoms with van der Waals surface area (Å²) in [5.74, 6) is 0.283. The quantitative estimate of drug-likeness (QED) is 0.372. The second-order valence-electron chi connectivity index (χ2n) is 5.38. The molecule has 8 heteroatoms. The number of nitrogens with zero attached hydrogens (tertiary/aromatic N) is 1. The number of hydrogen-bond acceptors (Lipinski definition) is 4. The highest BCUT2D eigenvalue weighted by atomic mass is 32.2. The summed E-state index contributed by atoms with van der Waals surface area (Å²) in [5, 5.41) is 4.89. The number of aliphatic imine (C=N–C) groups is 1. The zero-order chi connectivity index (χ0) is 18.3. The minimum atomic E-state index is -3.46. The van der Waals surface area contributed by atoms with E-state index in [2.05, 4.69) is 41.0 Å². The molecule has 0 saturated carbocycles. The Labute approximate surface area is 153 Å². The van der Waals surface area contributed by atoms with Gasteiger partial charge in [-0.3, -0.25) is 4.99 Å². The Morgan fingerprint density at radius 3 is 2.40 bits per heavy atom. The van der Waals surface area contributed by atoms with Crippen LogP contribution in [0.3, 0.4) is 0 Å². The minimum absolute atomic E-state index is 0.193. The van der Waals surface area contributed by atoms with Gasteiger partial charge in [0.15, 0.2) is 5.96 Å². The van der Waals surface area contributed by atoms with Crippen LogP contribution in [-0.4, -0.2) is 27.5 Å². The average molecular weight is 381 g/mol. The molecule has 0 amide bonds. The van der Waals surface area contributed by atoms with Crippen molar-refractivity contribution >= 4 is 33.0 Å². The van der Waals surface area contributed by atoms with Gasteiger partial charge in [0, 0.05) is 12.2 Å². The smallest absolute Gasteiger partial charge is 0.250 e. The van der Waals surface area contributed by atoms with Crippen LogP contribution in [0.4, 0.5) is 5.69 Å². The van der Waals surface area contributed by atoms with Crippen LogP contribution in [0.5, 0.6) is 0 Å². The van der Waals surface area contributed by atoms with Crippen molar-refractivity contribution in [1.29, 1.82) is 0 Å². The second kappa shape index (κ2) is 8.98. The standard InChI is InChI=1S/C17H24N4O2S2/c1-3-13-7-5-8-14(4-2)16(13)21-17(18)19-10-11-20-25(22,23)15-9-6-12-24-15/h5-9,12,20H,3-4,10-11H2,1-2H3,(H3,18,19,21). The van der Waals surface area contributed by atoms with Crippen LogP contribution in [0, 0.1) is 0 Å². The maximum atomic E-state index is 12.0. The molecular weight excluding hydrogens is 356 g/mol. The molecule has 0 aliphatic rings. The molecule has 0 bridgehead atoms. The van der Waals surface area contributed by atoms with Gasteiger partial charge in [0.25, 0.3) is 0 Å². The van der Waals surface area contributed by atoms with E-state index in [-0.39, 0.29) is 19.0 Å². The van der Waals surface area contributed by atoms with Gasteiger partial charge in [-0.1, -0.05) is 38.1 Å². The maximum absolute atomic E-state index is 12.0. The number of para-hydroxylation sites is 1. The molecule has 0 fully saturated rings. The Morgan fingerprint density at radius 1 is 1.16 bits per heavy atom. The molecular formula is C17H24N4O2S2. The van der Waals surface area contributed by atoms with Crippen molar-refractivity contribution in [3.63, 3.8) is 0 Å². The molecule has 0 spiro atoms. The number of nitrogens with two attached hydrogens (primary N) is 1. The van der Waals surface area contributed by atoms with Gasteiger partial charge in [0.2, 0.25) is 10.0 Å². The predicted octanol–water partition coefficient (Wildman–Crippen LogP) is 2.58. The highest BCUT2D eigenvalue weighted by Crippen LogP contribution is 2.22. The van der Waals surface area contributed by atoms with Crippen LogP contribution in [0.2, 0.25) is 0 Å². The average Bonchev–Trinajstić information content (AvgIpc) is 3.14. The van der Waals surface area contributed by atoms with Crippen LogP contribution in [-0.2, 0) is 22.9 Å². The normalized spacial score (nSPS) is 12.3. The first-order valence-electron chi connectivity index (χ1n) is 8.18. The summed E-state index contributed by atoms with van der Waals surface area (Å²) in [4.78, 5) is 4.21. The number of thiophene rings is 1. The summed E-state index contributed by atoms with van der Waals surface area (Å²) in [6, 6.07) is 9.43. The number of nitrogens with one attached hydrogen (secondary N) is 2. The number of guanidine groups is 1. The zero-order valence-electron chi connectivity index (χ0n) is 14.5. The van der Waals surface area contributed by atoms with Crippen molar-refractivity contribution in [2.24, 2.45) is 10.7 Å². The summed E-state index contributed by atoms with van der Waals surface area (Å²) in [7, 11) is -3.46. The number of hydrogen-bond donors (Lipinski definition) is 3. The Bertz CT molecular complexity index is 793. The molecule has 0 aliphatic carbocycles. The SMILES string of the molecule is CCc1cccc(CC)c1NC(N)=NCCNS(=O)(=O)c1cccs1. The Kier molecular flexibility index (Phi) is 6.98. The van der Waals surface area contributed by atoms with Crippen molar-refractivity contribution in [3.8, 4) is 0 Å². The third kappa shape index (κ3) is 5.29. The third-order valence-corrected chi connectivity index (χ3v) is 6.56. The molecule has 0 aliphatic heterocycles. The van der Waals surface area contributed by atoms with Crippen molar-refractivity contribution in [1.82, 2.24) is 4.72 Å². The summed E-state index contributed by atoms with van der Waals surface area (Å²) < 4.78 is 26.8. The van der Waals surface area contributed by atoms with Gasteiger partial charge in [0.05, 0.1) is 6.54 Å². The molecule has 4 N–H and O–H groups in total. The van der Waals surface area contributed by atoms with Gasteiger partial charge in [0.1, 0.15) is 4.21 Å². The van der Waals surface area contributed by atoms with E-state index >= 15 is 0 Å². The van der Waals surface area contributed by atoms with Crippen LogP contribution < -0.4 is 15.8 Å². The number of aryl methyl sites for hydroxylation is 2. The van der Waals surface area contributed by atoms with E-state index in [1.165, 1.54) is 22.5 Å². The summed E-state index contributed by atoms with van der Waals surface area (Å²) in [6.45, 7) is 4.64. The lowest BCUT2D eigenvalue weighted by molar-refractivity contribution is 0.584. The first-order valence-corrected chi connectivity index (χ1v) is 10.5. The number of sulfonamides is 1. The first kappa shape index (κ1) is 19.4. The maximum Gasteiger partial charge on any atom is 0.250 e. The molecule has 0 atom stereocenters. The van der Waals surface area contributed by atoms with Crippen molar-refractivity contribution < 1.29 is 8.42 Å². The van der Waals surface area contributed by atoms with Gasteiger partial charge in [-0.05, 0) is 35.4 Å².